The molecule has 17 heavy (non-hydrogen) atoms. The maximum absolute atomic E-state index is 11.9. The fraction of sp³-hybridized carbons (Fsp3) is 0.818. The van der Waals surface area contributed by atoms with Crippen LogP contribution in [-0.4, -0.2) is 79.1 Å². The van der Waals surface area contributed by atoms with Crippen molar-refractivity contribution in [1.29, 1.82) is 0 Å². The van der Waals surface area contributed by atoms with Gasteiger partial charge < -0.3 is 19.8 Å². The molecule has 0 unspecified atom stereocenters. The van der Waals surface area contributed by atoms with Gasteiger partial charge in [0.15, 0.2) is 0 Å². The highest BCUT2D eigenvalue weighted by Gasteiger charge is 2.17. The minimum Gasteiger partial charge on any atom is -0.480 e. The summed E-state index contributed by atoms with van der Waals surface area (Å²) in [5, 5.41) is 8.62. The van der Waals surface area contributed by atoms with Crippen LogP contribution in [0.3, 0.4) is 0 Å². The molecule has 0 atom stereocenters. The molecule has 0 aliphatic carbocycles. The third-order valence-corrected chi connectivity index (χ3v) is 2.38. The van der Waals surface area contributed by atoms with Crippen LogP contribution in [0.2, 0.25) is 0 Å². The van der Waals surface area contributed by atoms with Crippen molar-refractivity contribution < 1.29 is 14.7 Å². The van der Waals surface area contributed by atoms with Crippen molar-refractivity contribution in [2.45, 2.75) is 13.3 Å². The minimum atomic E-state index is -0.995. The average Bonchev–Trinajstić information content (AvgIpc) is 2.22. The number of rotatable bonds is 7. The normalized spacial score (nSPS) is 10.4. The van der Waals surface area contributed by atoms with Crippen LogP contribution >= 0.6 is 0 Å². The molecular weight excluding hydrogens is 222 g/mol. The third-order valence-electron chi connectivity index (χ3n) is 2.38. The predicted molar refractivity (Wildman–Crippen MR) is 66.1 cm³/mol. The molecule has 6 heteroatoms. The zero-order valence-electron chi connectivity index (χ0n) is 11.1. The van der Waals surface area contributed by atoms with E-state index in [2.05, 4.69) is 4.90 Å². The first kappa shape index (κ1) is 15.7. The molecule has 0 bridgehead atoms. The van der Waals surface area contributed by atoms with Crippen molar-refractivity contribution in [3.63, 3.8) is 0 Å². The second kappa shape index (κ2) is 7.89. The largest absolute Gasteiger partial charge is 0.480 e. The number of carboxylic acid groups (broad SMARTS) is 1. The Morgan fingerprint density at radius 3 is 2.12 bits per heavy atom. The second-order valence-electron chi connectivity index (χ2n) is 4.27. The van der Waals surface area contributed by atoms with Crippen molar-refractivity contribution in [3.05, 3.63) is 0 Å². The Balaban J connectivity index is 4.15. The Morgan fingerprint density at radius 2 is 1.71 bits per heavy atom. The standard InChI is InChI=1S/C11H23N3O3/c1-5-14(8-6-7-12(2)3)11(17)13(4)9-10(15)16/h5-9H2,1-4H3,(H,15,16). The molecule has 0 rings (SSSR count). The summed E-state index contributed by atoms with van der Waals surface area (Å²) < 4.78 is 0. The number of amides is 2. The van der Waals surface area contributed by atoms with Crippen molar-refractivity contribution in [2.24, 2.45) is 0 Å². The smallest absolute Gasteiger partial charge is 0.323 e. The van der Waals surface area contributed by atoms with Crippen molar-refractivity contribution in [1.82, 2.24) is 14.7 Å². The number of likely N-dealkylation sites (N-methyl/N-ethyl adjacent to an activating group) is 1. The first-order valence-electron chi connectivity index (χ1n) is 5.75. The summed E-state index contributed by atoms with van der Waals surface area (Å²) >= 11 is 0. The first-order chi connectivity index (χ1) is 7.88. The molecule has 0 fully saturated rings. The Labute approximate surface area is 103 Å². The van der Waals surface area contributed by atoms with Crippen LogP contribution in [0.5, 0.6) is 0 Å². The molecule has 0 aromatic rings. The Bertz CT molecular complexity index is 256. The van der Waals surface area contributed by atoms with Gasteiger partial charge in [0.2, 0.25) is 0 Å². The molecule has 0 radical (unpaired) electrons. The Morgan fingerprint density at radius 1 is 1.12 bits per heavy atom. The van der Waals surface area contributed by atoms with Crippen LogP contribution in [0, 0.1) is 0 Å². The molecule has 0 heterocycles. The van der Waals surface area contributed by atoms with Crippen molar-refractivity contribution in [2.75, 3.05) is 47.3 Å². The average molecular weight is 245 g/mol. The molecule has 0 aromatic carbocycles. The fourth-order valence-corrected chi connectivity index (χ4v) is 1.48. The van der Waals surface area contributed by atoms with E-state index < -0.39 is 5.97 Å². The van der Waals surface area contributed by atoms with E-state index in [0.29, 0.717) is 13.1 Å². The van der Waals surface area contributed by atoms with E-state index in [9.17, 15) is 9.59 Å². The zero-order valence-corrected chi connectivity index (χ0v) is 11.1. The van der Waals surface area contributed by atoms with Gasteiger partial charge in [-0.15, -0.1) is 0 Å². The summed E-state index contributed by atoms with van der Waals surface area (Å²) in [6, 6.07) is -0.228. The number of urea groups is 1. The summed E-state index contributed by atoms with van der Waals surface area (Å²) in [5.41, 5.74) is 0. The topological polar surface area (TPSA) is 64.1 Å². The van der Waals surface area contributed by atoms with Gasteiger partial charge >= 0.3 is 12.0 Å². The summed E-state index contributed by atoms with van der Waals surface area (Å²) in [6.45, 7) is 3.78. The van der Waals surface area contributed by atoms with Crippen LogP contribution in [0.1, 0.15) is 13.3 Å². The molecule has 0 aliphatic rings. The number of carbonyl (C=O) groups is 2. The lowest BCUT2D eigenvalue weighted by atomic mass is 10.3. The lowest BCUT2D eigenvalue weighted by Gasteiger charge is -2.26. The predicted octanol–water partition coefficient (Wildman–Crippen LogP) is 0.396. The molecular formula is C11H23N3O3. The highest BCUT2D eigenvalue weighted by Crippen LogP contribution is 1.99. The second-order valence-corrected chi connectivity index (χ2v) is 4.27. The number of hydrogen-bond acceptors (Lipinski definition) is 3. The molecule has 0 spiro atoms. The fourth-order valence-electron chi connectivity index (χ4n) is 1.48. The van der Waals surface area contributed by atoms with Gasteiger partial charge in [-0.3, -0.25) is 4.79 Å². The van der Waals surface area contributed by atoms with Gasteiger partial charge in [0, 0.05) is 20.1 Å². The quantitative estimate of drug-likeness (QED) is 0.705. The minimum absolute atomic E-state index is 0.228. The molecule has 2 amide bonds. The van der Waals surface area contributed by atoms with E-state index in [4.69, 9.17) is 5.11 Å². The van der Waals surface area contributed by atoms with E-state index in [1.54, 1.807) is 4.90 Å². The van der Waals surface area contributed by atoms with E-state index >= 15 is 0 Å². The van der Waals surface area contributed by atoms with E-state index in [-0.39, 0.29) is 12.6 Å². The van der Waals surface area contributed by atoms with Gasteiger partial charge in [0.1, 0.15) is 6.54 Å². The SMILES string of the molecule is CCN(CCCN(C)C)C(=O)N(C)CC(=O)O. The monoisotopic (exact) mass is 245 g/mol. The molecule has 6 nitrogen and oxygen atoms in total. The van der Waals surface area contributed by atoms with Crippen LogP contribution in [-0.2, 0) is 4.79 Å². The lowest BCUT2D eigenvalue weighted by molar-refractivity contribution is -0.137. The number of nitrogens with zero attached hydrogens (tertiary/aromatic N) is 3. The van der Waals surface area contributed by atoms with Crippen molar-refractivity contribution in [3.8, 4) is 0 Å². The number of carbonyl (C=O) groups excluding carboxylic acids is 1. The summed E-state index contributed by atoms with van der Waals surface area (Å²) in [5.74, 6) is -0.995. The van der Waals surface area contributed by atoms with Crippen LogP contribution in [0.15, 0.2) is 0 Å². The zero-order chi connectivity index (χ0) is 13.4. The Kier molecular flexibility index (Phi) is 7.29. The molecule has 0 aromatic heterocycles. The van der Waals surface area contributed by atoms with E-state index in [1.807, 2.05) is 21.0 Å². The number of hydrogen-bond donors (Lipinski definition) is 1. The Hall–Kier alpha value is -1.30. The molecule has 0 saturated carbocycles. The molecule has 100 valence electrons. The maximum Gasteiger partial charge on any atom is 0.323 e. The molecule has 1 N–H and O–H groups in total. The van der Waals surface area contributed by atoms with Crippen LogP contribution < -0.4 is 0 Å². The summed E-state index contributed by atoms with van der Waals surface area (Å²) in [4.78, 5) is 27.3. The first-order valence-corrected chi connectivity index (χ1v) is 5.75. The van der Waals surface area contributed by atoms with Gasteiger partial charge in [-0.05, 0) is 34.0 Å². The van der Waals surface area contributed by atoms with Gasteiger partial charge in [-0.25, -0.2) is 4.79 Å². The van der Waals surface area contributed by atoms with E-state index in [0.717, 1.165) is 13.0 Å². The third kappa shape index (κ3) is 6.78. The van der Waals surface area contributed by atoms with Crippen molar-refractivity contribution >= 4 is 12.0 Å². The van der Waals surface area contributed by atoms with Gasteiger partial charge in [-0.2, -0.15) is 0 Å². The van der Waals surface area contributed by atoms with Gasteiger partial charge in [-0.1, -0.05) is 0 Å². The highest BCUT2D eigenvalue weighted by atomic mass is 16.4. The lowest BCUT2D eigenvalue weighted by Crippen LogP contribution is -2.44. The van der Waals surface area contributed by atoms with Gasteiger partial charge in [0.05, 0.1) is 0 Å². The van der Waals surface area contributed by atoms with E-state index in [1.165, 1.54) is 11.9 Å². The molecule has 0 aliphatic heterocycles. The van der Waals surface area contributed by atoms with Crippen LogP contribution in [0.25, 0.3) is 0 Å². The molecule has 0 saturated heterocycles. The highest BCUT2D eigenvalue weighted by molar-refractivity contribution is 5.79. The summed E-state index contributed by atoms with van der Waals surface area (Å²) in [7, 11) is 5.47. The van der Waals surface area contributed by atoms with Crippen LogP contribution in [0.4, 0.5) is 4.79 Å². The number of aliphatic carboxylic acids is 1. The number of carboxylic acids is 1. The summed E-state index contributed by atoms with van der Waals surface area (Å²) in [6.07, 6.45) is 0.882. The van der Waals surface area contributed by atoms with Gasteiger partial charge in [0.25, 0.3) is 0 Å². The maximum atomic E-state index is 11.9.